The monoisotopic (exact) mass is 991 g/mol. The third-order valence-corrected chi connectivity index (χ3v) is 15.2. The van der Waals surface area contributed by atoms with Crippen molar-refractivity contribution < 1.29 is 45.9 Å². The summed E-state index contributed by atoms with van der Waals surface area (Å²) >= 11 is 0. The van der Waals surface area contributed by atoms with E-state index in [1.54, 1.807) is 30.5 Å². The van der Waals surface area contributed by atoms with E-state index in [0.717, 1.165) is 78.4 Å². The van der Waals surface area contributed by atoms with Crippen LogP contribution >= 0.6 is 0 Å². The molecule has 5 aliphatic heterocycles. The van der Waals surface area contributed by atoms with Crippen LogP contribution < -0.4 is 34.9 Å². The van der Waals surface area contributed by atoms with E-state index in [0.29, 0.717) is 30.2 Å². The number of imide groups is 2. The fourth-order valence-corrected chi connectivity index (χ4v) is 11.2. The van der Waals surface area contributed by atoms with Gasteiger partial charge in [-0.15, -0.1) is 0 Å². The maximum atomic E-state index is 15.2. The number of piperazine rings is 1. The molecule has 0 radical (unpaired) electrons. The number of hydrogen-bond acceptors (Lipinski definition) is 15. The van der Waals surface area contributed by atoms with E-state index in [1.807, 2.05) is 6.07 Å². The summed E-state index contributed by atoms with van der Waals surface area (Å²) in [5.41, 5.74) is 0.653. The Labute approximate surface area is 405 Å². The Balaban J connectivity index is 0.745. The standard InChI is InChI=1S/C48H47F2N11O9S/c1-69-40-21-31(20-34-43(40)48(66)61(47(34)65)39-7-9-42(62)54-45(39)63)57-18-16-56(17-19-57)25-28-10-13-58(14-11-28)41-8-2-30(24-52-41)60-27-53-37-5-3-32(22-33(37)46(60)64)70-44-35(23-51)38(6-4-36(44)50)55-71(67,68)59-15-12-29(49)26-59/h2-6,8,20-22,24,27-29,39,55H,7,9-19,25-26H2,1H3,(H,54,62,63)/t29-,39?/m1/s1. The summed E-state index contributed by atoms with van der Waals surface area (Å²) in [5.74, 6) is -2.36. The number of methoxy groups -OCH3 is 1. The number of benzene rings is 3. The van der Waals surface area contributed by atoms with Crippen molar-refractivity contribution in [3.8, 4) is 29.0 Å². The second-order valence-electron chi connectivity index (χ2n) is 18.1. The predicted octanol–water partition coefficient (Wildman–Crippen LogP) is 3.73. The molecule has 4 fully saturated rings. The molecule has 3 aromatic carbocycles. The highest BCUT2D eigenvalue weighted by molar-refractivity contribution is 7.90. The van der Waals surface area contributed by atoms with E-state index in [2.05, 4.69) is 29.7 Å². The lowest BCUT2D eigenvalue weighted by molar-refractivity contribution is -0.136. The number of alkyl halides is 1. The minimum absolute atomic E-state index is 0.0132. The number of pyridine rings is 1. The van der Waals surface area contributed by atoms with E-state index in [1.165, 1.54) is 36.2 Å². The number of nitrogens with one attached hydrogen (secondary N) is 2. The molecule has 0 saturated carbocycles. The highest BCUT2D eigenvalue weighted by atomic mass is 32.2. The summed E-state index contributed by atoms with van der Waals surface area (Å²) in [6.07, 6.45) is 3.67. The van der Waals surface area contributed by atoms with E-state index in [9.17, 15) is 42.0 Å². The Morgan fingerprint density at radius 1 is 0.873 bits per heavy atom. The molecular weight excluding hydrogens is 945 g/mol. The zero-order valence-corrected chi connectivity index (χ0v) is 39.2. The van der Waals surface area contributed by atoms with Gasteiger partial charge in [-0.3, -0.25) is 48.4 Å². The van der Waals surface area contributed by atoms with Crippen LogP contribution in [0.2, 0.25) is 0 Å². The lowest BCUT2D eigenvalue weighted by Crippen LogP contribution is -2.54. The van der Waals surface area contributed by atoms with Gasteiger partial charge < -0.3 is 19.3 Å². The number of rotatable bonds is 12. The number of piperidine rings is 2. The number of nitriles is 1. The second-order valence-corrected chi connectivity index (χ2v) is 19.7. The van der Waals surface area contributed by atoms with Crippen molar-refractivity contribution in [2.45, 2.75) is 44.3 Å². The normalized spacial score (nSPS) is 20.3. The summed E-state index contributed by atoms with van der Waals surface area (Å²) in [6, 6.07) is 14.1. The molecule has 4 saturated heterocycles. The summed E-state index contributed by atoms with van der Waals surface area (Å²) in [4.78, 5) is 82.1. The van der Waals surface area contributed by atoms with Crippen molar-refractivity contribution in [2.24, 2.45) is 5.92 Å². The van der Waals surface area contributed by atoms with Gasteiger partial charge >= 0.3 is 10.2 Å². The maximum Gasteiger partial charge on any atom is 0.301 e. The van der Waals surface area contributed by atoms with Crippen LogP contribution in [0.5, 0.6) is 17.2 Å². The predicted molar refractivity (Wildman–Crippen MR) is 253 cm³/mol. The summed E-state index contributed by atoms with van der Waals surface area (Å²) < 4.78 is 70.7. The lowest BCUT2D eigenvalue weighted by Gasteiger charge is -2.40. The van der Waals surface area contributed by atoms with Crippen LogP contribution in [0.15, 0.2) is 71.9 Å². The lowest BCUT2D eigenvalue weighted by atomic mass is 9.96. The number of anilines is 3. The highest BCUT2D eigenvalue weighted by Gasteiger charge is 2.46. The molecule has 2 atom stereocenters. The minimum atomic E-state index is -4.26. The van der Waals surface area contributed by atoms with Crippen LogP contribution in [0.1, 0.15) is 58.4 Å². The van der Waals surface area contributed by atoms with Crippen LogP contribution in [0.3, 0.4) is 0 Å². The van der Waals surface area contributed by atoms with Gasteiger partial charge in [0.25, 0.3) is 17.4 Å². The molecule has 1 unspecified atom stereocenters. The third kappa shape index (κ3) is 9.09. The number of carbonyl (C=O) groups is 4. The van der Waals surface area contributed by atoms with E-state index >= 15 is 4.39 Å². The molecule has 20 nitrogen and oxygen atoms in total. The smallest absolute Gasteiger partial charge is 0.301 e. The molecule has 10 rings (SSSR count). The number of carbonyl (C=O) groups excluding carboxylic acids is 4. The summed E-state index contributed by atoms with van der Waals surface area (Å²) in [5, 5.41) is 12.3. The Kier molecular flexibility index (Phi) is 12.6. The van der Waals surface area contributed by atoms with Crippen LogP contribution in [-0.2, 0) is 19.8 Å². The van der Waals surface area contributed by atoms with Crippen molar-refractivity contribution in [1.29, 1.82) is 5.26 Å². The molecule has 23 heteroatoms. The summed E-state index contributed by atoms with van der Waals surface area (Å²) in [7, 11) is -2.82. The Morgan fingerprint density at radius 3 is 2.35 bits per heavy atom. The molecule has 5 aliphatic rings. The number of halogens is 2. The average molecular weight is 992 g/mol. The molecule has 71 heavy (non-hydrogen) atoms. The number of hydrogen-bond donors (Lipinski definition) is 2. The molecule has 5 aromatic rings. The van der Waals surface area contributed by atoms with E-state index in [-0.39, 0.29) is 66.1 Å². The largest absolute Gasteiger partial charge is 0.496 e. The Bertz CT molecular complexity index is 3210. The Hall–Kier alpha value is -7.55. The van der Waals surface area contributed by atoms with Gasteiger partial charge in [0, 0.05) is 77.1 Å². The van der Waals surface area contributed by atoms with Gasteiger partial charge in [0.05, 0.1) is 46.7 Å². The molecule has 2 aromatic heterocycles. The quantitative estimate of drug-likeness (QED) is 0.170. The first-order valence-corrected chi connectivity index (χ1v) is 24.6. The Morgan fingerprint density at radius 2 is 1.66 bits per heavy atom. The fraction of sp³-hybridized carbons (Fsp3) is 0.375. The molecule has 7 heterocycles. The van der Waals surface area contributed by atoms with Crippen LogP contribution in [-0.4, -0.2) is 139 Å². The van der Waals surface area contributed by atoms with Crippen molar-refractivity contribution in [3.63, 3.8) is 0 Å². The van der Waals surface area contributed by atoms with Gasteiger partial charge in [0.1, 0.15) is 47.5 Å². The van der Waals surface area contributed by atoms with Crippen molar-refractivity contribution in [2.75, 3.05) is 80.5 Å². The second kappa shape index (κ2) is 19.0. The SMILES string of the molecule is COc1cc(N2CCN(CC3CCN(c4ccc(-n5cnc6ccc(Oc7c(F)ccc(NS(=O)(=O)N8CC[C@@H](F)C8)c7C#N)cc6c5=O)cn4)CC3)CC2)cc2c1C(=O)N(C1CCC(=O)NC1=O)C2=O. The molecule has 0 aliphatic carbocycles. The summed E-state index contributed by atoms with van der Waals surface area (Å²) in [6.45, 7) is 5.06. The van der Waals surface area contributed by atoms with Gasteiger partial charge in [-0.25, -0.2) is 18.7 Å². The molecular formula is C48H47F2N11O9S. The van der Waals surface area contributed by atoms with Crippen molar-refractivity contribution in [3.05, 3.63) is 100.0 Å². The van der Waals surface area contributed by atoms with Gasteiger partial charge in [-0.2, -0.15) is 18.0 Å². The van der Waals surface area contributed by atoms with Crippen LogP contribution in [0, 0.1) is 23.1 Å². The molecule has 0 spiro atoms. The molecule has 368 valence electrons. The first-order valence-electron chi connectivity index (χ1n) is 23.2. The zero-order valence-electron chi connectivity index (χ0n) is 38.3. The number of aromatic nitrogens is 3. The van der Waals surface area contributed by atoms with Crippen LogP contribution in [0.25, 0.3) is 16.6 Å². The minimum Gasteiger partial charge on any atom is -0.496 e. The topological polar surface area (TPSA) is 233 Å². The number of ether oxygens (including phenoxy) is 2. The van der Waals surface area contributed by atoms with Gasteiger partial charge in [0.15, 0.2) is 11.6 Å². The first-order chi connectivity index (χ1) is 34.2. The fourth-order valence-electron chi connectivity index (χ4n) is 9.92. The molecule has 2 N–H and O–H groups in total. The van der Waals surface area contributed by atoms with Crippen LogP contribution in [0.4, 0.5) is 26.0 Å². The van der Waals surface area contributed by atoms with E-state index < -0.39 is 68.7 Å². The molecule has 4 amide bonds. The van der Waals surface area contributed by atoms with Gasteiger partial charge in [-0.1, -0.05) is 0 Å². The number of amides is 4. The van der Waals surface area contributed by atoms with Crippen molar-refractivity contribution >= 4 is 61.9 Å². The maximum absolute atomic E-state index is 15.2. The average Bonchev–Trinajstić information content (AvgIpc) is 3.93. The number of fused-ring (bicyclic) bond motifs is 2. The van der Waals surface area contributed by atoms with Gasteiger partial charge in [0.2, 0.25) is 11.8 Å². The third-order valence-electron chi connectivity index (χ3n) is 13.8. The molecule has 0 bridgehead atoms. The zero-order chi connectivity index (χ0) is 49.7. The highest BCUT2D eigenvalue weighted by Crippen LogP contribution is 2.39. The van der Waals surface area contributed by atoms with E-state index in [4.69, 9.17) is 14.5 Å². The van der Waals surface area contributed by atoms with Crippen molar-refractivity contribution in [1.82, 2.24) is 34.0 Å². The number of nitrogens with zero attached hydrogens (tertiary/aromatic N) is 9. The first kappa shape index (κ1) is 47.1. The van der Waals surface area contributed by atoms with Gasteiger partial charge in [-0.05, 0) is 80.1 Å².